The van der Waals surface area contributed by atoms with Crippen molar-refractivity contribution in [3.05, 3.63) is 18.2 Å². The predicted molar refractivity (Wildman–Crippen MR) is 60.5 cm³/mol. The lowest BCUT2D eigenvalue weighted by Crippen LogP contribution is -2.11. The number of hydrogen-bond acceptors (Lipinski definition) is 5. The highest BCUT2D eigenvalue weighted by Crippen LogP contribution is 2.27. The molecule has 5 nitrogen and oxygen atoms in total. The molecule has 0 amide bonds. The van der Waals surface area contributed by atoms with Crippen LogP contribution in [0.15, 0.2) is 23.1 Å². The highest BCUT2D eigenvalue weighted by atomic mass is 32.2. The normalized spacial score (nSPS) is 11.9. The van der Waals surface area contributed by atoms with Gasteiger partial charge in [0.05, 0.1) is 15.1 Å². The molecule has 0 aliphatic rings. The summed E-state index contributed by atoms with van der Waals surface area (Å²) in [5.74, 6) is 0. The van der Waals surface area contributed by atoms with Crippen molar-refractivity contribution in [3.63, 3.8) is 0 Å². The number of anilines is 1. The van der Waals surface area contributed by atoms with Crippen LogP contribution in [0, 0.1) is 0 Å². The quantitative estimate of drug-likeness (QED) is 0.823. The molecule has 80 valence electrons. The first-order chi connectivity index (χ1) is 7.00. The number of nitrogens with two attached hydrogens (primary N) is 1. The fraction of sp³-hybridized carbons (Fsp3) is 0.125. The van der Waals surface area contributed by atoms with Crippen molar-refractivity contribution in [2.75, 3.05) is 12.4 Å². The van der Waals surface area contributed by atoms with E-state index in [-0.39, 0.29) is 4.90 Å². The van der Waals surface area contributed by atoms with Gasteiger partial charge in [0.1, 0.15) is 0 Å². The summed E-state index contributed by atoms with van der Waals surface area (Å²) in [6, 6.07) is 4.63. The lowest BCUT2D eigenvalue weighted by atomic mass is 10.3. The molecule has 0 spiro atoms. The molecule has 0 aliphatic heterocycles. The molecule has 0 fully saturated rings. The molecule has 0 atom stereocenters. The molecule has 2 rings (SSSR count). The van der Waals surface area contributed by atoms with Gasteiger partial charge in [-0.1, -0.05) is 11.3 Å². The first-order valence-corrected chi connectivity index (χ1v) is 6.48. The van der Waals surface area contributed by atoms with Gasteiger partial charge in [-0.05, 0) is 18.2 Å². The standard InChI is InChI=1S/C8H9N3O2S2/c1-10-8-11-6-3-2-5(15(9,12)13)4-7(6)14-8/h2-4H,1H3,(H,10,11)(H2,9,12,13). The van der Waals surface area contributed by atoms with Crippen LogP contribution in [0.4, 0.5) is 5.13 Å². The van der Waals surface area contributed by atoms with Crippen molar-refractivity contribution in [2.45, 2.75) is 4.90 Å². The summed E-state index contributed by atoms with van der Waals surface area (Å²) in [6.07, 6.45) is 0. The number of nitrogens with one attached hydrogen (secondary N) is 1. The van der Waals surface area contributed by atoms with E-state index >= 15 is 0 Å². The van der Waals surface area contributed by atoms with Crippen LogP contribution in [-0.2, 0) is 10.0 Å². The molecule has 1 heterocycles. The minimum absolute atomic E-state index is 0.112. The van der Waals surface area contributed by atoms with Gasteiger partial charge >= 0.3 is 0 Å². The molecule has 0 radical (unpaired) electrons. The number of rotatable bonds is 2. The molecule has 0 bridgehead atoms. The zero-order chi connectivity index (χ0) is 11.1. The number of sulfonamides is 1. The number of benzene rings is 1. The average Bonchev–Trinajstić information content (AvgIpc) is 2.57. The topological polar surface area (TPSA) is 85.1 Å². The van der Waals surface area contributed by atoms with Gasteiger partial charge in [0.2, 0.25) is 10.0 Å². The summed E-state index contributed by atoms with van der Waals surface area (Å²) in [4.78, 5) is 4.34. The smallest absolute Gasteiger partial charge is 0.238 e. The summed E-state index contributed by atoms with van der Waals surface area (Å²) in [5, 5.41) is 8.68. The summed E-state index contributed by atoms with van der Waals surface area (Å²) < 4.78 is 23.0. The van der Waals surface area contributed by atoms with Gasteiger partial charge in [-0.3, -0.25) is 0 Å². The summed E-state index contributed by atoms with van der Waals surface area (Å²) in [5.41, 5.74) is 0.761. The Morgan fingerprint density at radius 1 is 1.47 bits per heavy atom. The average molecular weight is 243 g/mol. The minimum atomic E-state index is -3.63. The van der Waals surface area contributed by atoms with Crippen molar-refractivity contribution in [3.8, 4) is 0 Å². The molecule has 0 saturated carbocycles. The summed E-state index contributed by atoms with van der Waals surface area (Å²) in [7, 11) is -1.87. The molecular weight excluding hydrogens is 234 g/mol. The monoisotopic (exact) mass is 243 g/mol. The van der Waals surface area contributed by atoms with E-state index in [1.165, 1.54) is 23.5 Å². The summed E-state index contributed by atoms with van der Waals surface area (Å²) in [6.45, 7) is 0. The summed E-state index contributed by atoms with van der Waals surface area (Å²) >= 11 is 1.39. The van der Waals surface area contributed by atoms with Crippen LogP contribution >= 0.6 is 11.3 Å². The van der Waals surface area contributed by atoms with Crippen LogP contribution in [0.3, 0.4) is 0 Å². The van der Waals surface area contributed by atoms with Crippen LogP contribution < -0.4 is 10.5 Å². The van der Waals surface area contributed by atoms with E-state index in [2.05, 4.69) is 10.3 Å². The van der Waals surface area contributed by atoms with E-state index in [1.54, 1.807) is 13.1 Å². The van der Waals surface area contributed by atoms with Gasteiger partial charge in [-0.2, -0.15) is 0 Å². The molecule has 0 unspecified atom stereocenters. The fourth-order valence-corrected chi connectivity index (χ4v) is 2.66. The number of nitrogens with zero attached hydrogens (tertiary/aromatic N) is 1. The maximum atomic E-state index is 11.1. The third-order valence-electron chi connectivity index (χ3n) is 1.90. The van der Waals surface area contributed by atoms with E-state index in [9.17, 15) is 8.42 Å². The Balaban J connectivity index is 2.66. The Morgan fingerprint density at radius 3 is 2.80 bits per heavy atom. The number of hydrogen-bond donors (Lipinski definition) is 2. The third kappa shape index (κ3) is 1.94. The first-order valence-electron chi connectivity index (χ1n) is 4.12. The van der Waals surface area contributed by atoms with Crippen LogP contribution in [0.2, 0.25) is 0 Å². The molecule has 1 aromatic heterocycles. The van der Waals surface area contributed by atoms with Crippen molar-refractivity contribution < 1.29 is 8.42 Å². The van der Waals surface area contributed by atoms with E-state index in [0.717, 1.165) is 15.3 Å². The molecule has 1 aromatic carbocycles. The van der Waals surface area contributed by atoms with Gasteiger partial charge in [0, 0.05) is 7.05 Å². The number of fused-ring (bicyclic) bond motifs is 1. The number of thiazole rings is 1. The van der Waals surface area contributed by atoms with Gasteiger partial charge in [-0.15, -0.1) is 0 Å². The minimum Gasteiger partial charge on any atom is -0.365 e. The van der Waals surface area contributed by atoms with Crippen LogP contribution in [0.1, 0.15) is 0 Å². The lowest BCUT2D eigenvalue weighted by Gasteiger charge is -1.95. The maximum Gasteiger partial charge on any atom is 0.238 e. The highest BCUT2D eigenvalue weighted by molar-refractivity contribution is 7.89. The molecule has 7 heteroatoms. The molecular formula is C8H9N3O2S2. The predicted octanol–water partition coefficient (Wildman–Crippen LogP) is 0.985. The van der Waals surface area contributed by atoms with Gasteiger partial charge < -0.3 is 5.32 Å². The van der Waals surface area contributed by atoms with E-state index in [1.807, 2.05) is 0 Å². The zero-order valence-corrected chi connectivity index (χ0v) is 9.52. The maximum absolute atomic E-state index is 11.1. The Labute approximate surface area is 91.0 Å². The Hall–Kier alpha value is -1.18. The van der Waals surface area contributed by atoms with E-state index < -0.39 is 10.0 Å². The zero-order valence-electron chi connectivity index (χ0n) is 7.89. The molecule has 0 saturated heterocycles. The van der Waals surface area contributed by atoms with E-state index in [4.69, 9.17) is 5.14 Å². The molecule has 0 aliphatic carbocycles. The molecule has 2 aromatic rings. The second kappa shape index (κ2) is 3.44. The largest absolute Gasteiger partial charge is 0.365 e. The van der Waals surface area contributed by atoms with Gasteiger partial charge in [0.15, 0.2) is 5.13 Å². The van der Waals surface area contributed by atoms with Crippen LogP contribution in [0.25, 0.3) is 10.2 Å². The second-order valence-electron chi connectivity index (χ2n) is 2.94. The highest BCUT2D eigenvalue weighted by Gasteiger charge is 2.10. The van der Waals surface area contributed by atoms with Gasteiger partial charge in [0.25, 0.3) is 0 Å². The molecule has 3 N–H and O–H groups in total. The van der Waals surface area contributed by atoms with Crippen molar-refractivity contribution in [1.29, 1.82) is 0 Å². The van der Waals surface area contributed by atoms with Crippen molar-refractivity contribution >= 4 is 36.7 Å². The Bertz CT molecular complexity index is 603. The van der Waals surface area contributed by atoms with Gasteiger partial charge in [-0.25, -0.2) is 18.5 Å². The van der Waals surface area contributed by atoms with Crippen LogP contribution in [-0.4, -0.2) is 20.4 Å². The Morgan fingerprint density at radius 2 is 2.20 bits per heavy atom. The van der Waals surface area contributed by atoms with Crippen LogP contribution in [0.5, 0.6) is 0 Å². The number of primary sulfonamides is 1. The number of aromatic nitrogens is 1. The Kier molecular flexibility index (Phi) is 2.37. The third-order valence-corrected chi connectivity index (χ3v) is 3.85. The van der Waals surface area contributed by atoms with E-state index in [0.29, 0.717) is 0 Å². The van der Waals surface area contributed by atoms with Crippen molar-refractivity contribution in [2.24, 2.45) is 5.14 Å². The lowest BCUT2D eigenvalue weighted by molar-refractivity contribution is 0.598. The SMILES string of the molecule is CNc1nc2ccc(S(N)(=O)=O)cc2s1. The first kappa shape index (κ1) is 10.3. The second-order valence-corrected chi connectivity index (χ2v) is 5.54. The van der Waals surface area contributed by atoms with Crippen molar-refractivity contribution in [1.82, 2.24) is 4.98 Å². The fourth-order valence-electron chi connectivity index (χ4n) is 1.19. The molecule has 15 heavy (non-hydrogen) atoms.